The van der Waals surface area contributed by atoms with Crippen LogP contribution in [-0.4, -0.2) is 0 Å². The lowest BCUT2D eigenvalue weighted by molar-refractivity contribution is 0.580. The number of hydrogen-bond acceptors (Lipinski definition) is 2. The summed E-state index contributed by atoms with van der Waals surface area (Å²) in [4.78, 5) is 12.1. The normalized spacial score (nSPS) is 11.0. The fourth-order valence-corrected chi connectivity index (χ4v) is 3.02. The van der Waals surface area contributed by atoms with Gasteiger partial charge in [0, 0.05) is 28.3 Å². The van der Waals surface area contributed by atoms with Gasteiger partial charge >= 0.3 is 0 Å². The van der Waals surface area contributed by atoms with Crippen LogP contribution in [0.4, 0.5) is 0 Å². The first kappa shape index (κ1) is 18.0. The maximum absolute atomic E-state index is 12.1. The molecule has 4 rings (SSSR count). The van der Waals surface area contributed by atoms with E-state index in [1.807, 2.05) is 91.0 Å². The minimum absolute atomic E-state index is 0.0770. The van der Waals surface area contributed by atoms with Crippen molar-refractivity contribution in [3.63, 3.8) is 0 Å². The molecule has 0 amide bonds. The molecule has 28 heavy (non-hydrogen) atoms. The molecule has 0 saturated heterocycles. The van der Waals surface area contributed by atoms with Gasteiger partial charge in [-0.25, -0.2) is 0 Å². The molecule has 0 N–H and O–H groups in total. The minimum atomic E-state index is -0.0770. The summed E-state index contributed by atoms with van der Waals surface area (Å²) >= 11 is 5.91. The Morgan fingerprint density at radius 3 is 1.71 bits per heavy atom. The van der Waals surface area contributed by atoms with E-state index in [0.29, 0.717) is 11.5 Å². The van der Waals surface area contributed by atoms with E-state index in [1.165, 1.54) is 12.1 Å². The fourth-order valence-electron chi connectivity index (χ4n) is 2.89. The molecular weight excluding hydrogens is 368 g/mol. The third-order valence-corrected chi connectivity index (χ3v) is 4.61. The molecule has 0 spiro atoms. The molecule has 0 bridgehead atoms. The Balaban J connectivity index is 1.59. The van der Waals surface area contributed by atoms with Gasteiger partial charge in [0.1, 0.15) is 11.5 Å². The van der Waals surface area contributed by atoms with Crippen LogP contribution in [0, 0.1) is 0 Å². The van der Waals surface area contributed by atoms with Crippen LogP contribution in [0.3, 0.4) is 0 Å². The number of rotatable bonds is 4. The second-order valence-electron chi connectivity index (χ2n) is 6.39. The van der Waals surface area contributed by atoms with E-state index < -0.39 is 0 Å². The van der Waals surface area contributed by atoms with Crippen LogP contribution in [0.1, 0.15) is 11.1 Å². The lowest BCUT2D eigenvalue weighted by Gasteiger charge is -2.05. The summed E-state index contributed by atoms with van der Waals surface area (Å²) in [5.41, 5.74) is 3.80. The smallest absolute Gasteiger partial charge is 0.186 e. The van der Waals surface area contributed by atoms with E-state index >= 15 is 0 Å². The first-order valence-electron chi connectivity index (χ1n) is 8.92. The summed E-state index contributed by atoms with van der Waals surface area (Å²) < 4.78 is 5.98. The molecule has 3 aromatic carbocycles. The molecule has 0 atom stereocenters. The van der Waals surface area contributed by atoms with Gasteiger partial charge in [-0.3, -0.25) is 4.79 Å². The van der Waals surface area contributed by atoms with Gasteiger partial charge in [0.2, 0.25) is 0 Å². The summed E-state index contributed by atoms with van der Waals surface area (Å²) in [6.07, 6.45) is 4.06. The molecule has 0 aliphatic rings. The molecule has 1 heterocycles. The quantitative estimate of drug-likeness (QED) is 0.362. The van der Waals surface area contributed by atoms with Crippen LogP contribution >= 0.6 is 11.6 Å². The van der Waals surface area contributed by atoms with Gasteiger partial charge < -0.3 is 4.42 Å². The summed E-state index contributed by atoms with van der Waals surface area (Å²) in [5, 5.41) is 0.723. The van der Waals surface area contributed by atoms with Crippen LogP contribution in [0.25, 0.3) is 34.8 Å². The minimum Gasteiger partial charge on any atom is -0.456 e. The van der Waals surface area contributed by atoms with E-state index in [-0.39, 0.29) is 5.43 Å². The molecule has 2 nitrogen and oxygen atoms in total. The van der Waals surface area contributed by atoms with E-state index in [4.69, 9.17) is 16.0 Å². The van der Waals surface area contributed by atoms with Crippen molar-refractivity contribution < 1.29 is 4.42 Å². The average Bonchev–Trinajstić information content (AvgIpc) is 2.74. The van der Waals surface area contributed by atoms with Crippen molar-refractivity contribution in [1.29, 1.82) is 0 Å². The van der Waals surface area contributed by atoms with Gasteiger partial charge in [-0.1, -0.05) is 90.5 Å². The van der Waals surface area contributed by atoms with Crippen LogP contribution in [0.15, 0.2) is 100 Å². The molecule has 136 valence electrons. The standard InChI is InChI=1S/C25H17ClO2/c26-22-14-10-19(11-15-22)7-6-18-8-12-21(13-9-18)25-17-23(27)16-24(28-25)20-4-2-1-3-5-20/h1-17H/b7-6+. The zero-order valence-electron chi connectivity index (χ0n) is 15.0. The first-order valence-corrected chi connectivity index (χ1v) is 9.30. The van der Waals surface area contributed by atoms with Gasteiger partial charge in [-0.15, -0.1) is 0 Å². The van der Waals surface area contributed by atoms with Crippen LogP contribution in [-0.2, 0) is 0 Å². The molecule has 3 heteroatoms. The lowest BCUT2D eigenvalue weighted by atomic mass is 10.1. The predicted molar refractivity (Wildman–Crippen MR) is 116 cm³/mol. The van der Waals surface area contributed by atoms with Crippen LogP contribution in [0.2, 0.25) is 5.02 Å². The summed E-state index contributed by atoms with van der Waals surface area (Å²) in [5.74, 6) is 1.12. The van der Waals surface area contributed by atoms with Crippen molar-refractivity contribution in [2.45, 2.75) is 0 Å². The Morgan fingerprint density at radius 1 is 0.643 bits per heavy atom. The first-order chi connectivity index (χ1) is 13.7. The maximum Gasteiger partial charge on any atom is 0.186 e. The van der Waals surface area contributed by atoms with E-state index in [9.17, 15) is 4.79 Å². The van der Waals surface area contributed by atoms with Gasteiger partial charge in [-0.05, 0) is 23.3 Å². The van der Waals surface area contributed by atoms with Gasteiger partial charge in [0.15, 0.2) is 5.43 Å². The molecule has 4 aromatic rings. The highest BCUT2D eigenvalue weighted by atomic mass is 35.5. The van der Waals surface area contributed by atoms with Gasteiger partial charge in [0.25, 0.3) is 0 Å². The van der Waals surface area contributed by atoms with Crippen molar-refractivity contribution >= 4 is 23.8 Å². The number of halogens is 1. The van der Waals surface area contributed by atoms with Crippen LogP contribution < -0.4 is 5.43 Å². The SMILES string of the molecule is O=c1cc(-c2ccccc2)oc(-c2ccc(/C=C/c3ccc(Cl)cc3)cc2)c1. The largest absolute Gasteiger partial charge is 0.456 e. The monoisotopic (exact) mass is 384 g/mol. The topological polar surface area (TPSA) is 30.2 Å². The van der Waals surface area contributed by atoms with Crippen molar-refractivity contribution in [2.24, 2.45) is 0 Å². The molecule has 1 aromatic heterocycles. The van der Waals surface area contributed by atoms with E-state index in [2.05, 4.69) is 0 Å². The summed E-state index contributed by atoms with van der Waals surface area (Å²) in [6, 6.07) is 28.2. The molecule has 0 unspecified atom stereocenters. The van der Waals surface area contributed by atoms with Crippen LogP contribution in [0.5, 0.6) is 0 Å². The third kappa shape index (κ3) is 4.30. The van der Waals surface area contributed by atoms with Crippen molar-refractivity contribution in [3.05, 3.63) is 117 Å². The number of benzene rings is 3. The molecule has 0 aliphatic carbocycles. The zero-order valence-corrected chi connectivity index (χ0v) is 15.8. The zero-order chi connectivity index (χ0) is 19.3. The lowest BCUT2D eigenvalue weighted by Crippen LogP contribution is -1.98. The molecule has 0 saturated carbocycles. The van der Waals surface area contributed by atoms with E-state index in [0.717, 1.165) is 27.3 Å². The summed E-state index contributed by atoms with van der Waals surface area (Å²) in [7, 11) is 0. The Bertz CT molecular complexity index is 1160. The highest BCUT2D eigenvalue weighted by molar-refractivity contribution is 6.30. The van der Waals surface area contributed by atoms with Crippen molar-refractivity contribution in [1.82, 2.24) is 0 Å². The second-order valence-corrected chi connectivity index (χ2v) is 6.83. The number of hydrogen-bond donors (Lipinski definition) is 0. The molecule has 0 radical (unpaired) electrons. The predicted octanol–water partition coefficient (Wildman–Crippen LogP) is 6.80. The fraction of sp³-hybridized carbons (Fsp3) is 0. The molecular formula is C25H17ClO2. The molecule has 0 aliphatic heterocycles. The maximum atomic E-state index is 12.1. The Labute approximate surface area is 168 Å². The van der Waals surface area contributed by atoms with Crippen molar-refractivity contribution in [2.75, 3.05) is 0 Å². The summed E-state index contributed by atoms with van der Waals surface area (Å²) in [6.45, 7) is 0. The van der Waals surface area contributed by atoms with Gasteiger partial charge in [-0.2, -0.15) is 0 Å². The Morgan fingerprint density at radius 2 is 1.14 bits per heavy atom. The Kier molecular flexibility index (Phi) is 5.22. The highest BCUT2D eigenvalue weighted by Crippen LogP contribution is 2.25. The second kappa shape index (κ2) is 8.12. The third-order valence-electron chi connectivity index (χ3n) is 4.36. The van der Waals surface area contributed by atoms with E-state index in [1.54, 1.807) is 0 Å². The van der Waals surface area contributed by atoms with Gasteiger partial charge in [0.05, 0.1) is 0 Å². The average molecular weight is 385 g/mol. The Hall–Kier alpha value is -3.36. The van der Waals surface area contributed by atoms with Crippen molar-refractivity contribution in [3.8, 4) is 22.6 Å². The highest BCUT2D eigenvalue weighted by Gasteiger charge is 2.07. The molecule has 0 fully saturated rings.